The lowest BCUT2D eigenvalue weighted by molar-refractivity contribution is 1.13. The summed E-state index contributed by atoms with van der Waals surface area (Å²) in [4.78, 5) is 11.1. The Balaban J connectivity index is 0.842. The Labute approximate surface area is 567 Å². The minimum Gasteiger partial charge on any atom is -0.309 e. The van der Waals surface area contributed by atoms with Gasteiger partial charge in [0.05, 0.1) is 45.0 Å². The summed E-state index contributed by atoms with van der Waals surface area (Å²) < 4.78 is 4.95. The van der Waals surface area contributed by atoms with Gasteiger partial charge in [-0.25, -0.2) is 4.98 Å². The third kappa shape index (κ3) is 9.85. The molecule has 3 aromatic heterocycles. The highest BCUT2D eigenvalue weighted by Gasteiger charge is 2.22. The van der Waals surface area contributed by atoms with E-state index >= 15 is 0 Å². The number of hydrogen-bond donors (Lipinski definition) is 0. The normalized spacial score (nSPS) is 11.7. The van der Waals surface area contributed by atoms with Crippen molar-refractivity contribution in [2.75, 3.05) is 0 Å². The average molecular weight is 1250 g/mol. The van der Waals surface area contributed by atoms with Gasteiger partial charge in [-0.1, -0.05) is 291 Å². The molecule has 4 nitrogen and oxygen atoms in total. The van der Waals surface area contributed by atoms with Crippen molar-refractivity contribution >= 4 is 76.2 Å². The van der Waals surface area contributed by atoms with Crippen LogP contribution in [0.4, 0.5) is 0 Å². The molecule has 0 atom stereocenters. The lowest BCUT2D eigenvalue weighted by atomic mass is 9.97. The molecule has 0 bridgehead atoms. The van der Waals surface area contributed by atoms with Crippen molar-refractivity contribution in [3.8, 4) is 112 Å². The van der Waals surface area contributed by atoms with E-state index in [0.717, 1.165) is 138 Å². The first-order chi connectivity index (χ1) is 48.5. The molecule has 0 aliphatic heterocycles. The molecular weight excluding hydrogens is 1190 g/mol. The van der Waals surface area contributed by atoms with Crippen molar-refractivity contribution < 1.29 is 0 Å². The zero-order valence-electron chi connectivity index (χ0n) is 53.4. The molecule has 0 saturated carbocycles. The van der Waals surface area contributed by atoms with Crippen LogP contribution in [0.2, 0.25) is 0 Å². The van der Waals surface area contributed by atoms with Crippen molar-refractivity contribution in [2.24, 2.45) is 0 Å². The van der Waals surface area contributed by atoms with Crippen LogP contribution in [0, 0.1) is 0 Å². The summed E-state index contributed by atoms with van der Waals surface area (Å²) in [5, 5.41) is 9.12. The standard InChI is InChI=1S/C94H60N4/c1-5-17-61(18-6-1)65-29-37-69(38-30-65)73-45-49-89-84(55-73)85-56-74(70-39-31-66(32-40-70)62-19-7-2-8-20-62)46-50-90(85)97(89)78-53-77(88-60-95-93-82-27-15-13-25-80(82)81-26-14-16-28-83(81)94(93)96-88)54-79(59-78)98-91-51-47-75(71-41-33-67(34-42-71)63-21-9-3-10-22-63)57-86(91)87-58-76(48-52-92(87)98)72-43-35-68(36-44-72)64-23-11-4-12-24-64/h1-60H. The summed E-state index contributed by atoms with van der Waals surface area (Å²) in [6, 6.07) is 131. The molecule has 19 aromatic rings. The highest BCUT2D eigenvalue weighted by molar-refractivity contribution is 6.23. The molecule has 0 aliphatic carbocycles. The highest BCUT2D eigenvalue weighted by Crippen LogP contribution is 2.44. The quantitative estimate of drug-likeness (QED) is 0.121. The second kappa shape index (κ2) is 23.5. The van der Waals surface area contributed by atoms with Crippen LogP contribution < -0.4 is 0 Å². The number of rotatable bonds is 11. The fraction of sp³-hybridized carbons (Fsp3) is 0. The first-order valence-electron chi connectivity index (χ1n) is 33.6. The molecule has 0 spiro atoms. The van der Waals surface area contributed by atoms with Crippen molar-refractivity contribution in [1.82, 2.24) is 19.1 Å². The summed E-state index contributed by atoms with van der Waals surface area (Å²) in [5.74, 6) is 0. The second-order valence-electron chi connectivity index (χ2n) is 25.7. The van der Waals surface area contributed by atoms with Gasteiger partial charge < -0.3 is 9.13 Å². The molecular formula is C94H60N4. The van der Waals surface area contributed by atoms with Crippen LogP contribution in [0.25, 0.3) is 188 Å². The topological polar surface area (TPSA) is 35.6 Å². The van der Waals surface area contributed by atoms with E-state index in [2.05, 4.69) is 367 Å². The van der Waals surface area contributed by atoms with E-state index in [9.17, 15) is 0 Å². The Morgan fingerprint density at radius 1 is 0.173 bits per heavy atom. The first-order valence-corrected chi connectivity index (χ1v) is 33.6. The monoisotopic (exact) mass is 1240 g/mol. The molecule has 3 heterocycles. The first kappa shape index (κ1) is 56.5. The van der Waals surface area contributed by atoms with Crippen LogP contribution in [0.1, 0.15) is 0 Å². The van der Waals surface area contributed by atoms with Gasteiger partial charge in [-0.15, -0.1) is 0 Å². The number of fused-ring (bicyclic) bond motifs is 12. The molecule has 0 radical (unpaired) electrons. The molecule has 98 heavy (non-hydrogen) atoms. The molecule has 0 saturated heterocycles. The Morgan fingerprint density at radius 3 is 0.724 bits per heavy atom. The summed E-state index contributed by atoms with van der Waals surface area (Å²) in [6.07, 6.45) is 1.99. The smallest absolute Gasteiger partial charge is 0.0979 e. The van der Waals surface area contributed by atoms with Gasteiger partial charge in [0.1, 0.15) is 0 Å². The zero-order chi connectivity index (χ0) is 64.6. The number of hydrogen-bond acceptors (Lipinski definition) is 2. The molecule has 0 aliphatic rings. The van der Waals surface area contributed by atoms with Crippen LogP contribution in [0.5, 0.6) is 0 Å². The van der Waals surface area contributed by atoms with E-state index < -0.39 is 0 Å². The molecule has 4 heteroatoms. The van der Waals surface area contributed by atoms with E-state index in [-0.39, 0.29) is 0 Å². The van der Waals surface area contributed by atoms with E-state index in [0.29, 0.717) is 0 Å². The largest absolute Gasteiger partial charge is 0.309 e. The molecule has 0 N–H and O–H groups in total. The van der Waals surface area contributed by atoms with E-state index in [1.807, 2.05) is 6.20 Å². The van der Waals surface area contributed by atoms with Gasteiger partial charge in [0.25, 0.3) is 0 Å². The minimum absolute atomic E-state index is 0.785. The van der Waals surface area contributed by atoms with Crippen LogP contribution in [-0.4, -0.2) is 19.1 Å². The fourth-order valence-corrected chi connectivity index (χ4v) is 15.0. The van der Waals surface area contributed by atoms with Crippen molar-refractivity contribution in [3.05, 3.63) is 364 Å². The van der Waals surface area contributed by atoms with Crippen LogP contribution >= 0.6 is 0 Å². The third-order valence-corrected chi connectivity index (χ3v) is 20.0. The fourth-order valence-electron chi connectivity index (χ4n) is 15.0. The van der Waals surface area contributed by atoms with Gasteiger partial charge in [0.15, 0.2) is 0 Å². The summed E-state index contributed by atoms with van der Waals surface area (Å²) in [5.41, 5.74) is 28.7. The van der Waals surface area contributed by atoms with Gasteiger partial charge >= 0.3 is 0 Å². The third-order valence-electron chi connectivity index (χ3n) is 20.0. The van der Waals surface area contributed by atoms with Gasteiger partial charge in [-0.3, -0.25) is 4.98 Å². The van der Waals surface area contributed by atoms with E-state index in [1.165, 1.54) is 49.9 Å². The summed E-state index contributed by atoms with van der Waals surface area (Å²) in [7, 11) is 0. The molecule has 456 valence electrons. The highest BCUT2D eigenvalue weighted by atomic mass is 15.0. The molecule has 0 amide bonds. The maximum Gasteiger partial charge on any atom is 0.0979 e. The second-order valence-corrected chi connectivity index (χ2v) is 25.7. The lowest BCUT2D eigenvalue weighted by Gasteiger charge is -2.16. The predicted octanol–water partition coefficient (Wildman–Crippen LogP) is 25.1. The minimum atomic E-state index is 0.785. The number of benzene rings is 16. The van der Waals surface area contributed by atoms with Crippen molar-refractivity contribution in [1.29, 1.82) is 0 Å². The number of nitrogens with zero attached hydrogens (tertiary/aromatic N) is 4. The van der Waals surface area contributed by atoms with Gasteiger partial charge in [-0.05, 0) is 167 Å². The van der Waals surface area contributed by atoms with Crippen molar-refractivity contribution in [2.45, 2.75) is 0 Å². The van der Waals surface area contributed by atoms with Crippen molar-refractivity contribution in [3.63, 3.8) is 0 Å². The maximum absolute atomic E-state index is 5.72. The Morgan fingerprint density at radius 2 is 0.418 bits per heavy atom. The lowest BCUT2D eigenvalue weighted by Crippen LogP contribution is -2.01. The Hall–Kier alpha value is -13.0. The molecule has 0 unspecified atom stereocenters. The van der Waals surface area contributed by atoms with Crippen LogP contribution in [-0.2, 0) is 0 Å². The SMILES string of the molecule is c1ccc(-c2ccc(-c3ccc4c(c3)c3cc(-c5ccc(-c6ccccc6)cc5)ccc3n4-c3cc(-c4cnc5c6ccccc6c6ccccc6c5n4)cc(-n4c5ccc(-c6ccc(-c7ccccc7)cc6)cc5c5cc(-c6ccc(-c7ccccc7)cc6)ccc54)c3)cc2)cc1. The Kier molecular flexibility index (Phi) is 13.5. The zero-order valence-corrected chi connectivity index (χ0v) is 53.4. The maximum atomic E-state index is 5.72. The van der Waals surface area contributed by atoms with E-state index in [1.54, 1.807) is 0 Å². The molecule has 0 fully saturated rings. The summed E-state index contributed by atoms with van der Waals surface area (Å²) >= 11 is 0. The van der Waals surface area contributed by atoms with Crippen LogP contribution in [0.15, 0.2) is 364 Å². The number of aromatic nitrogens is 4. The van der Waals surface area contributed by atoms with Gasteiger partial charge in [-0.2, -0.15) is 0 Å². The molecule has 19 rings (SSSR count). The van der Waals surface area contributed by atoms with Crippen LogP contribution in [0.3, 0.4) is 0 Å². The average Bonchev–Trinajstić information content (AvgIpc) is 1.48. The summed E-state index contributed by atoms with van der Waals surface area (Å²) in [6.45, 7) is 0. The van der Waals surface area contributed by atoms with Gasteiger partial charge in [0.2, 0.25) is 0 Å². The molecule has 16 aromatic carbocycles. The van der Waals surface area contributed by atoms with E-state index in [4.69, 9.17) is 9.97 Å². The van der Waals surface area contributed by atoms with Gasteiger partial charge in [0, 0.05) is 49.3 Å². The predicted molar refractivity (Wildman–Crippen MR) is 412 cm³/mol. The Bertz CT molecular complexity index is 5650.